The molecule has 2 N–H and O–H groups in total. The van der Waals surface area contributed by atoms with Crippen LogP contribution in [-0.2, 0) is 25.3 Å². The number of anilines is 1. The summed E-state index contributed by atoms with van der Waals surface area (Å²) >= 11 is 0. The summed E-state index contributed by atoms with van der Waals surface area (Å²) in [5.41, 5.74) is 2.69. The SMILES string of the molecule is C/C(=C\c1ccc(CO)o1)CC[C@H]1OB(O)C[C@H]2C1=C(CO[Si](c1ccccc1)(c1ccccc1)C(C)(C)C)C[C@H]1C(=O)N(c3cccc([N+](=O)[O-])c3)C(=O)[C@H]12. The molecule has 3 heterocycles. The Kier molecular flexibility index (Phi) is 11.2. The van der Waals surface area contributed by atoms with E-state index in [1.807, 2.05) is 49.4 Å². The first-order valence-electron chi connectivity index (χ1n) is 19.1. The van der Waals surface area contributed by atoms with Gasteiger partial charge in [-0.1, -0.05) is 93.1 Å². The van der Waals surface area contributed by atoms with Gasteiger partial charge < -0.3 is 23.6 Å². The van der Waals surface area contributed by atoms with Crippen LogP contribution in [0.25, 0.3) is 6.08 Å². The van der Waals surface area contributed by atoms with Crippen molar-refractivity contribution in [2.75, 3.05) is 11.5 Å². The summed E-state index contributed by atoms with van der Waals surface area (Å²) < 4.78 is 19.5. The third-order valence-corrected chi connectivity index (χ3v) is 16.5. The molecule has 13 heteroatoms. The predicted octanol–water partition coefficient (Wildman–Crippen LogP) is 6.44. The van der Waals surface area contributed by atoms with Crippen LogP contribution in [0.15, 0.2) is 118 Å². The average Bonchev–Trinajstić information content (AvgIpc) is 3.74. The zero-order valence-corrected chi connectivity index (χ0v) is 33.1. The van der Waals surface area contributed by atoms with Crippen molar-refractivity contribution in [3.05, 3.63) is 135 Å². The van der Waals surface area contributed by atoms with Crippen LogP contribution in [0.2, 0.25) is 11.4 Å². The molecule has 0 saturated carbocycles. The highest BCUT2D eigenvalue weighted by molar-refractivity contribution is 6.99. The zero-order chi connectivity index (χ0) is 39.8. The van der Waals surface area contributed by atoms with Crippen molar-refractivity contribution >= 4 is 55.1 Å². The van der Waals surface area contributed by atoms with Crippen molar-refractivity contribution in [2.24, 2.45) is 17.8 Å². The van der Waals surface area contributed by atoms with E-state index in [1.54, 1.807) is 18.2 Å². The minimum Gasteiger partial charge on any atom is -0.459 e. The molecule has 11 nitrogen and oxygen atoms in total. The Bertz CT molecular complexity index is 2120. The highest BCUT2D eigenvalue weighted by atomic mass is 28.4. The second kappa shape index (κ2) is 15.9. The number of hydrogen-bond acceptors (Lipinski definition) is 9. The number of benzene rings is 3. The van der Waals surface area contributed by atoms with Crippen LogP contribution < -0.4 is 15.3 Å². The van der Waals surface area contributed by atoms with Gasteiger partial charge >= 0.3 is 7.12 Å². The minimum atomic E-state index is -3.04. The summed E-state index contributed by atoms with van der Waals surface area (Å²) in [5.74, 6) is -1.83. The van der Waals surface area contributed by atoms with Gasteiger partial charge in [-0.3, -0.25) is 19.7 Å². The number of allylic oxidation sites excluding steroid dienone is 1. The van der Waals surface area contributed by atoms with Crippen molar-refractivity contribution in [1.29, 1.82) is 0 Å². The summed E-state index contributed by atoms with van der Waals surface area (Å²) in [5, 5.41) is 34.3. The molecule has 0 unspecified atom stereocenters. The first-order chi connectivity index (χ1) is 26.8. The Labute approximate surface area is 328 Å². The van der Waals surface area contributed by atoms with Gasteiger partial charge in [0.15, 0.2) is 0 Å². The lowest BCUT2D eigenvalue weighted by molar-refractivity contribution is -0.384. The Morgan fingerprint density at radius 3 is 2.27 bits per heavy atom. The van der Waals surface area contributed by atoms with Crippen LogP contribution in [0.1, 0.15) is 58.5 Å². The standard InChI is InChI=1S/C43H47BN2O9Si/c1-28(22-32-19-20-33(26-47)54-32)18-21-38-39-29(27-53-56(43(2,3)4,34-14-7-5-8-15-34)35-16-9-6-10-17-35)23-36-40(37(39)25-44(50)55-38)42(49)45(41(36)48)30-12-11-13-31(24-30)46(51)52/h5-17,19-20,22,24,36-38,40,47,50H,18,21,23,25-27H2,1-4H3/b28-22+/t36-,37+,38-,40-/m1/s1. The molecule has 2 aliphatic heterocycles. The lowest BCUT2D eigenvalue weighted by atomic mass is 9.58. The Morgan fingerprint density at radius 2 is 1.66 bits per heavy atom. The van der Waals surface area contributed by atoms with Gasteiger partial charge in [0.2, 0.25) is 11.8 Å². The monoisotopic (exact) mass is 774 g/mol. The Morgan fingerprint density at radius 1 is 0.982 bits per heavy atom. The fraction of sp³-hybridized carbons (Fsp3) is 0.349. The van der Waals surface area contributed by atoms with Crippen molar-refractivity contribution in [1.82, 2.24) is 0 Å². The number of non-ortho nitro benzene ring substituents is 1. The number of nitro benzene ring substituents is 1. The second-order valence-electron chi connectivity index (χ2n) is 16.0. The largest absolute Gasteiger partial charge is 0.459 e. The van der Waals surface area contributed by atoms with E-state index >= 15 is 0 Å². The molecule has 3 aromatic carbocycles. The Balaban J connectivity index is 1.30. The van der Waals surface area contributed by atoms with Gasteiger partial charge in [0.25, 0.3) is 14.0 Å². The quantitative estimate of drug-likeness (QED) is 0.0545. The van der Waals surface area contributed by atoms with E-state index in [1.165, 1.54) is 18.2 Å². The molecule has 56 heavy (non-hydrogen) atoms. The lowest BCUT2D eigenvalue weighted by Crippen LogP contribution is -2.66. The number of imide groups is 1. The number of furan rings is 1. The molecule has 4 aromatic rings. The maximum atomic E-state index is 14.4. The van der Waals surface area contributed by atoms with E-state index in [4.69, 9.17) is 13.5 Å². The third kappa shape index (κ3) is 7.37. The number of fused-ring (bicyclic) bond motifs is 3. The summed E-state index contributed by atoms with van der Waals surface area (Å²) in [4.78, 5) is 41.1. The number of rotatable bonds is 12. The topological polar surface area (TPSA) is 153 Å². The van der Waals surface area contributed by atoms with Gasteiger partial charge in [-0.25, -0.2) is 4.90 Å². The molecule has 2 saturated heterocycles. The van der Waals surface area contributed by atoms with E-state index in [0.717, 1.165) is 32.0 Å². The Hall–Kier alpha value is -4.92. The summed E-state index contributed by atoms with van der Waals surface area (Å²) in [6, 6.07) is 29.7. The average molecular weight is 775 g/mol. The van der Waals surface area contributed by atoms with E-state index in [2.05, 4.69) is 45.0 Å². The molecule has 4 atom stereocenters. The first-order valence-corrected chi connectivity index (χ1v) is 21.0. The third-order valence-electron chi connectivity index (χ3n) is 11.5. The number of aliphatic hydroxyl groups is 1. The maximum Gasteiger partial charge on any atom is 0.455 e. The molecule has 0 radical (unpaired) electrons. The molecular weight excluding hydrogens is 727 g/mol. The van der Waals surface area contributed by atoms with Gasteiger partial charge in [-0.05, 0) is 89.3 Å². The van der Waals surface area contributed by atoms with Crippen LogP contribution in [0.4, 0.5) is 11.4 Å². The van der Waals surface area contributed by atoms with Crippen LogP contribution in [0.5, 0.6) is 0 Å². The summed E-state index contributed by atoms with van der Waals surface area (Å²) in [6.45, 7) is 8.57. The maximum absolute atomic E-state index is 14.4. The van der Waals surface area contributed by atoms with Crippen LogP contribution in [-0.4, -0.2) is 55.0 Å². The smallest absolute Gasteiger partial charge is 0.455 e. The molecule has 1 aromatic heterocycles. The van der Waals surface area contributed by atoms with Gasteiger partial charge in [0.1, 0.15) is 18.1 Å². The van der Waals surface area contributed by atoms with Crippen molar-refractivity contribution in [2.45, 2.75) is 71.0 Å². The van der Waals surface area contributed by atoms with Crippen LogP contribution >= 0.6 is 0 Å². The molecule has 1 aliphatic carbocycles. The van der Waals surface area contributed by atoms with Gasteiger partial charge in [0.05, 0.1) is 35.2 Å². The number of aliphatic hydroxyl groups excluding tert-OH is 1. The minimum absolute atomic E-state index is 0.114. The molecule has 2 fully saturated rings. The molecule has 0 spiro atoms. The molecule has 7 rings (SSSR count). The summed E-state index contributed by atoms with van der Waals surface area (Å²) in [7, 11) is -4.22. The number of carbonyl (C=O) groups excluding carboxylic acids is 2. The van der Waals surface area contributed by atoms with Gasteiger partial charge in [-0.15, -0.1) is 0 Å². The zero-order valence-electron chi connectivity index (χ0n) is 32.1. The highest BCUT2D eigenvalue weighted by Crippen LogP contribution is 2.52. The van der Waals surface area contributed by atoms with Crippen LogP contribution in [0, 0.1) is 27.9 Å². The molecule has 0 bridgehead atoms. The normalized spacial score (nSPS) is 21.7. The van der Waals surface area contributed by atoms with Crippen molar-refractivity contribution < 1.29 is 38.1 Å². The van der Waals surface area contributed by atoms with Crippen molar-refractivity contribution in [3.63, 3.8) is 0 Å². The number of hydrogen-bond donors (Lipinski definition) is 2. The number of nitro groups is 1. The fourth-order valence-corrected chi connectivity index (χ4v) is 13.6. The molecule has 290 valence electrons. The predicted molar refractivity (Wildman–Crippen MR) is 216 cm³/mol. The summed E-state index contributed by atoms with van der Waals surface area (Å²) in [6.07, 6.45) is 2.74. The second-order valence-corrected chi connectivity index (χ2v) is 20.4. The van der Waals surface area contributed by atoms with E-state index < -0.39 is 56.0 Å². The van der Waals surface area contributed by atoms with Gasteiger partial charge in [0, 0.05) is 12.1 Å². The fourth-order valence-electron chi connectivity index (χ4n) is 9.08. The molecule has 3 aliphatic rings. The first kappa shape index (κ1) is 39.3. The van der Waals surface area contributed by atoms with Crippen LogP contribution in [0.3, 0.4) is 0 Å². The van der Waals surface area contributed by atoms with Crippen molar-refractivity contribution in [3.8, 4) is 0 Å². The van der Waals surface area contributed by atoms with E-state index in [-0.39, 0.29) is 42.4 Å². The highest BCUT2D eigenvalue weighted by Gasteiger charge is 2.58. The lowest BCUT2D eigenvalue weighted by Gasteiger charge is -2.46. The number of nitrogens with zero attached hydrogens (tertiary/aromatic N) is 2. The number of amides is 2. The number of carbonyl (C=O) groups is 2. The van der Waals surface area contributed by atoms with E-state index in [0.29, 0.717) is 24.4 Å². The van der Waals surface area contributed by atoms with Gasteiger partial charge in [-0.2, -0.15) is 0 Å². The van der Waals surface area contributed by atoms with E-state index in [9.17, 15) is 29.8 Å². The molecule has 2 amide bonds. The molecular formula is C43H47BN2O9Si.